The molecule has 14 nitrogen and oxygen atoms in total. The van der Waals surface area contributed by atoms with E-state index in [9.17, 15) is 45.9 Å². The number of ether oxygens (including phenoxy) is 3. The summed E-state index contributed by atoms with van der Waals surface area (Å²) < 4.78 is 16.3. The SMILES string of the molecule is Cc1ccc(N[C@H]2O[C@@H](CO)[C@@H](O[C@H]3O[C@@H](CO)[C@@H](O)[C@@H](O)[C@H]3O)[C@@H](O)[C@H]2O)cc1[N+](=O)[O-]. The van der Waals surface area contributed by atoms with E-state index >= 15 is 0 Å². The Hall–Kier alpha value is -1.98. The summed E-state index contributed by atoms with van der Waals surface area (Å²) in [5.74, 6) is 0. The molecule has 0 radical (unpaired) electrons. The molecule has 10 atom stereocenters. The van der Waals surface area contributed by atoms with Crippen LogP contribution in [0.1, 0.15) is 5.56 Å². The van der Waals surface area contributed by atoms with Crippen molar-refractivity contribution < 1.29 is 54.9 Å². The van der Waals surface area contributed by atoms with Crippen LogP contribution in [0.2, 0.25) is 0 Å². The van der Waals surface area contributed by atoms with Gasteiger partial charge in [0, 0.05) is 17.3 Å². The molecule has 0 aromatic heterocycles. The fourth-order valence-electron chi connectivity index (χ4n) is 3.77. The molecule has 14 heteroatoms. The minimum Gasteiger partial charge on any atom is -0.394 e. The highest BCUT2D eigenvalue weighted by molar-refractivity contribution is 5.55. The second-order valence-corrected chi connectivity index (χ2v) is 7.96. The van der Waals surface area contributed by atoms with E-state index in [0.29, 0.717) is 5.56 Å². The molecule has 8 N–H and O–H groups in total. The molecule has 186 valence electrons. The van der Waals surface area contributed by atoms with E-state index in [1.807, 2.05) is 0 Å². The van der Waals surface area contributed by atoms with Gasteiger partial charge in [0.05, 0.1) is 18.1 Å². The van der Waals surface area contributed by atoms with E-state index in [1.54, 1.807) is 6.92 Å². The Labute approximate surface area is 187 Å². The molecular weight excluding hydrogens is 448 g/mol. The average Bonchev–Trinajstić information content (AvgIpc) is 2.79. The number of aliphatic hydroxyl groups is 7. The van der Waals surface area contributed by atoms with E-state index in [1.165, 1.54) is 18.2 Å². The monoisotopic (exact) mass is 476 g/mol. The minimum atomic E-state index is -1.77. The van der Waals surface area contributed by atoms with Gasteiger partial charge in [-0.25, -0.2) is 0 Å². The van der Waals surface area contributed by atoms with Gasteiger partial charge in [-0.1, -0.05) is 6.07 Å². The quantitative estimate of drug-likeness (QED) is 0.145. The van der Waals surface area contributed by atoms with E-state index in [-0.39, 0.29) is 11.4 Å². The first-order valence-corrected chi connectivity index (χ1v) is 10.2. The van der Waals surface area contributed by atoms with Gasteiger partial charge in [-0.2, -0.15) is 0 Å². The lowest BCUT2D eigenvalue weighted by Crippen LogP contribution is -2.65. The van der Waals surface area contributed by atoms with E-state index in [2.05, 4.69) is 5.32 Å². The van der Waals surface area contributed by atoms with Gasteiger partial charge >= 0.3 is 0 Å². The molecule has 2 aliphatic heterocycles. The van der Waals surface area contributed by atoms with Crippen molar-refractivity contribution in [1.29, 1.82) is 0 Å². The number of rotatable bonds is 7. The largest absolute Gasteiger partial charge is 0.394 e. The molecule has 0 aliphatic carbocycles. The number of nitrogens with one attached hydrogen (secondary N) is 1. The average molecular weight is 476 g/mol. The number of nitro groups is 1. The van der Waals surface area contributed by atoms with Crippen LogP contribution < -0.4 is 5.32 Å². The predicted molar refractivity (Wildman–Crippen MR) is 108 cm³/mol. The lowest BCUT2D eigenvalue weighted by molar-refractivity contribution is -0.385. The first-order chi connectivity index (χ1) is 15.6. The minimum absolute atomic E-state index is 0.173. The Balaban J connectivity index is 1.74. The van der Waals surface area contributed by atoms with Crippen LogP contribution in [0.4, 0.5) is 11.4 Å². The molecule has 2 aliphatic rings. The molecule has 1 aromatic carbocycles. The Morgan fingerprint density at radius 2 is 1.64 bits per heavy atom. The molecule has 0 saturated carbocycles. The number of benzene rings is 1. The normalized spacial score (nSPS) is 39.3. The van der Waals surface area contributed by atoms with Crippen molar-refractivity contribution in [3.8, 4) is 0 Å². The summed E-state index contributed by atoms with van der Waals surface area (Å²) in [5.41, 5.74) is 0.457. The predicted octanol–water partition coefficient (Wildman–Crippen LogP) is -3.06. The lowest BCUT2D eigenvalue weighted by atomic mass is 9.96. The first kappa shape index (κ1) is 25.6. The third-order valence-corrected chi connectivity index (χ3v) is 5.72. The molecule has 2 fully saturated rings. The zero-order chi connectivity index (χ0) is 24.4. The Bertz CT molecular complexity index is 824. The van der Waals surface area contributed by atoms with Gasteiger partial charge in [-0.3, -0.25) is 10.1 Å². The van der Waals surface area contributed by atoms with Crippen LogP contribution in [0, 0.1) is 17.0 Å². The van der Waals surface area contributed by atoms with Crippen LogP contribution >= 0.6 is 0 Å². The van der Waals surface area contributed by atoms with Crippen LogP contribution in [-0.2, 0) is 14.2 Å². The van der Waals surface area contributed by atoms with Crippen LogP contribution in [0.3, 0.4) is 0 Å². The molecule has 3 rings (SSSR count). The fraction of sp³-hybridized carbons (Fsp3) is 0.684. The molecule has 1 aromatic rings. The fourth-order valence-corrected chi connectivity index (χ4v) is 3.77. The van der Waals surface area contributed by atoms with E-state index < -0.39 is 79.5 Å². The molecule has 33 heavy (non-hydrogen) atoms. The summed E-state index contributed by atoms with van der Waals surface area (Å²) >= 11 is 0. The van der Waals surface area contributed by atoms with Crippen LogP contribution in [0.5, 0.6) is 0 Å². The topological polar surface area (TPSA) is 224 Å². The number of hydrogen-bond donors (Lipinski definition) is 8. The van der Waals surface area contributed by atoms with Gasteiger partial charge in [-0.15, -0.1) is 0 Å². The van der Waals surface area contributed by atoms with E-state index in [4.69, 9.17) is 14.2 Å². The van der Waals surface area contributed by atoms with Gasteiger partial charge in [0.2, 0.25) is 0 Å². The van der Waals surface area contributed by atoms with Crippen molar-refractivity contribution in [3.63, 3.8) is 0 Å². The van der Waals surface area contributed by atoms with Crippen molar-refractivity contribution in [3.05, 3.63) is 33.9 Å². The first-order valence-electron chi connectivity index (χ1n) is 10.2. The van der Waals surface area contributed by atoms with Gasteiger partial charge in [0.15, 0.2) is 12.5 Å². The van der Waals surface area contributed by atoms with Gasteiger partial charge in [0.1, 0.15) is 48.8 Å². The van der Waals surface area contributed by atoms with Gasteiger partial charge in [-0.05, 0) is 13.0 Å². The highest BCUT2D eigenvalue weighted by Crippen LogP contribution is 2.30. The van der Waals surface area contributed by atoms with Crippen molar-refractivity contribution >= 4 is 11.4 Å². The standard InChI is InChI=1S/C19H28N2O12/c1-7-2-3-8(4-9(7)21(29)30)20-18-15(27)14(26)17(11(6-23)31-18)33-19-16(28)13(25)12(24)10(5-22)32-19/h2-4,10-20,22-28H,5-6H2,1H3/t10-,11-,12+,13+,14-,15+,16+,17+,18-,19+/m0/s1. The number of anilines is 1. The maximum absolute atomic E-state index is 11.2. The smallest absolute Gasteiger partial charge is 0.274 e. The second kappa shape index (κ2) is 10.5. The van der Waals surface area contributed by atoms with Crippen molar-refractivity contribution in [2.45, 2.75) is 68.3 Å². The van der Waals surface area contributed by atoms with Crippen molar-refractivity contribution in [2.75, 3.05) is 18.5 Å². The van der Waals surface area contributed by atoms with Crippen LogP contribution in [0.25, 0.3) is 0 Å². The van der Waals surface area contributed by atoms with Crippen LogP contribution in [0.15, 0.2) is 18.2 Å². The van der Waals surface area contributed by atoms with Crippen LogP contribution in [-0.4, -0.2) is 115 Å². The molecule has 0 bridgehead atoms. The zero-order valence-corrected chi connectivity index (χ0v) is 17.5. The maximum Gasteiger partial charge on any atom is 0.274 e. The second-order valence-electron chi connectivity index (χ2n) is 7.96. The van der Waals surface area contributed by atoms with E-state index in [0.717, 1.165) is 0 Å². The number of nitrogens with zero attached hydrogens (tertiary/aromatic N) is 1. The summed E-state index contributed by atoms with van der Waals surface area (Å²) in [4.78, 5) is 10.6. The number of aryl methyl sites for hydroxylation is 1. The molecule has 0 amide bonds. The van der Waals surface area contributed by atoms with Crippen molar-refractivity contribution in [2.24, 2.45) is 0 Å². The molecule has 0 unspecified atom stereocenters. The molecule has 2 saturated heterocycles. The third kappa shape index (κ3) is 5.25. The summed E-state index contributed by atoms with van der Waals surface area (Å²) in [7, 11) is 0. The zero-order valence-electron chi connectivity index (χ0n) is 17.5. The van der Waals surface area contributed by atoms with Crippen molar-refractivity contribution in [1.82, 2.24) is 0 Å². The Kier molecular flexibility index (Phi) is 8.17. The Morgan fingerprint density at radius 1 is 0.970 bits per heavy atom. The molecule has 2 heterocycles. The maximum atomic E-state index is 11.2. The Morgan fingerprint density at radius 3 is 2.24 bits per heavy atom. The summed E-state index contributed by atoms with van der Waals surface area (Å²) in [5, 5.41) is 84.0. The summed E-state index contributed by atoms with van der Waals surface area (Å²) in [6, 6.07) is 4.22. The summed E-state index contributed by atoms with van der Waals surface area (Å²) in [6.45, 7) is 0.160. The third-order valence-electron chi connectivity index (χ3n) is 5.72. The number of hydrogen-bond acceptors (Lipinski definition) is 13. The highest BCUT2D eigenvalue weighted by atomic mass is 16.7. The molecular formula is C19H28N2O12. The molecule has 0 spiro atoms. The number of nitro benzene ring substituents is 1. The number of aliphatic hydroxyl groups excluding tert-OH is 7. The highest BCUT2D eigenvalue weighted by Gasteiger charge is 2.50. The summed E-state index contributed by atoms with van der Waals surface area (Å²) in [6.07, 6.45) is -15.4. The van der Waals surface area contributed by atoms with Gasteiger partial charge in [0.25, 0.3) is 5.69 Å². The van der Waals surface area contributed by atoms with Gasteiger partial charge < -0.3 is 55.3 Å². The lowest BCUT2D eigenvalue weighted by Gasteiger charge is -2.46.